The molecule has 36 heavy (non-hydrogen) atoms. The lowest BCUT2D eigenvalue weighted by Gasteiger charge is -2.46. The predicted octanol–water partition coefficient (Wildman–Crippen LogP) is 3.27. The second kappa shape index (κ2) is 10.6. The van der Waals surface area contributed by atoms with Crippen LogP contribution in [0.25, 0.3) is 11.2 Å². The van der Waals surface area contributed by atoms with Crippen LogP contribution in [-0.2, 0) is 13.1 Å². The highest BCUT2D eigenvalue weighted by Gasteiger charge is 2.36. The van der Waals surface area contributed by atoms with E-state index in [1.165, 1.54) is 57.4 Å². The van der Waals surface area contributed by atoms with Gasteiger partial charge in [0.1, 0.15) is 5.52 Å². The SMILES string of the molecule is CCCCNc1nc(N)c2[nH]c(=O)n(Cc3ccc(CN4CCC5(CCN(C)CC5)CC4)cc3)c2n1. The van der Waals surface area contributed by atoms with Gasteiger partial charge in [-0.05, 0) is 81.9 Å². The second-order valence-electron chi connectivity index (χ2n) is 10.8. The lowest BCUT2D eigenvalue weighted by molar-refractivity contribution is 0.0401. The minimum Gasteiger partial charge on any atom is -0.382 e. The zero-order valence-corrected chi connectivity index (χ0v) is 21.7. The fraction of sp³-hybridized carbons (Fsp3) is 0.593. The molecule has 5 rings (SSSR count). The van der Waals surface area contributed by atoms with Crippen LogP contribution in [0.3, 0.4) is 0 Å². The number of hydrogen-bond acceptors (Lipinski definition) is 7. The first-order valence-electron chi connectivity index (χ1n) is 13.4. The highest BCUT2D eigenvalue weighted by Crippen LogP contribution is 2.41. The van der Waals surface area contributed by atoms with E-state index >= 15 is 0 Å². The van der Waals surface area contributed by atoms with E-state index in [0.717, 1.165) is 31.5 Å². The van der Waals surface area contributed by atoms with Gasteiger partial charge in [0, 0.05) is 13.1 Å². The Balaban J connectivity index is 1.22. The number of rotatable bonds is 8. The molecule has 0 bridgehead atoms. The molecule has 3 aromatic rings. The number of benzene rings is 1. The zero-order chi connectivity index (χ0) is 25.1. The van der Waals surface area contributed by atoms with E-state index < -0.39 is 0 Å². The fourth-order valence-electron chi connectivity index (χ4n) is 5.62. The van der Waals surface area contributed by atoms with Gasteiger partial charge in [0.05, 0.1) is 6.54 Å². The molecule has 2 saturated heterocycles. The fourth-order valence-corrected chi connectivity index (χ4v) is 5.62. The number of H-pyrrole nitrogens is 1. The summed E-state index contributed by atoms with van der Waals surface area (Å²) in [5, 5.41) is 3.21. The van der Waals surface area contributed by atoms with Gasteiger partial charge in [0.25, 0.3) is 0 Å². The molecule has 194 valence electrons. The van der Waals surface area contributed by atoms with Crippen molar-refractivity contribution in [2.24, 2.45) is 5.41 Å². The predicted molar refractivity (Wildman–Crippen MR) is 145 cm³/mol. The number of fused-ring (bicyclic) bond motifs is 1. The molecular formula is C27H40N8O. The van der Waals surface area contributed by atoms with Crippen LogP contribution in [0.2, 0.25) is 0 Å². The van der Waals surface area contributed by atoms with Crippen molar-refractivity contribution >= 4 is 22.9 Å². The number of likely N-dealkylation sites (tertiary alicyclic amines) is 2. The van der Waals surface area contributed by atoms with Crippen molar-refractivity contribution in [2.45, 2.75) is 58.5 Å². The maximum absolute atomic E-state index is 12.7. The highest BCUT2D eigenvalue weighted by atomic mass is 16.1. The molecule has 4 N–H and O–H groups in total. The Bertz CT molecular complexity index is 1210. The van der Waals surface area contributed by atoms with Gasteiger partial charge in [-0.2, -0.15) is 9.97 Å². The number of nitrogens with one attached hydrogen (secondary N) is 2. The van der Waals surface area contributed by atoms with E-state index in [0.29, 0.717) is 29.1 Å². The highest BCUT2D eigenvalue weighted by molar-refractivity contribution is 5.82. The number of aromatic nitrogens is 4. The third kappa shape index (κ3) is 5.42. The molecule has 2 aromatic heterocycles. The van der Waals surface area contributed by atoms with Crippen LogP contribution in [0.4, 0.5) is 11.8 Å². The summed E-state index contributed by atoms with van der Waals surface area (Å²) in [5.74, 6) is 0.744. The number of anilines is 2. The first-order chi connectivity index (χ1) is 17.4. The molecule has 2 aliphatic heterocycles. The zero-order valence-electron chi connectivity index (χ0n) is 21.7. The third-order valence-corrected chi connectivity index (χ3v) is 8.20. The molecular weight excluding hydrogens is 452 g/mol. The standard InChI is InChI=1S/C27H40N8O/c1-3-4-13-29-25-31-23(28)22-24(32-25)35(26(36)30-22)19-21-7-5-20(6-8-21)18-34-16-11-27(12-17-34)9-14-33(2)15-10-27/h5-8H,3-4,9-19H2,1-2H3,(H,30,36)(H3,28,29,31,32). The topological polar surface area (TPSA) is 108 Å². The second-order valence-corrected chi connectivity index (χ2v) is 10.8. The molecule has 9 heteroatoms. The molecule has 1 spiro atoms. The van der Waals surface area contributed by atoms with Gasteiger partial charge < -0.3 is 20.9 Å². The third-order valence-electron chi connectivity index (χ3n) is 8.20. The normalized spacial score (nSPS) is 18.7. The van der Waals surface area contributed by atoms with Gasteiger partial charge in [0.15, 0.2) is 11.5 Å². The van der Waals surface area contributed by atoms with E-state index in [1.807, 2.05) is 0 Å². The van der Waals surface area contributed by atoms with Crippen molar-refractivity contribution in [3.05, 3.63) is 45.9 Å². The smallest absolute Gasteiger partial charge is 0.328 e. The summed E-state index contributed by atoms with van der Waals surface area (Å²) in [7, 11) is 2.24. The average Bonchev–Trinajstić information content (AvgIpc) is 3.19. The number of aromatic amines is 1. The Morgan fingerprint density at radius 2 is 1.64 bits per heavy atom. The number of nitrogens with two attached hydrogens (primary N) is 1. The quantitative estimate of drug-likeness (QED) is 0.414. The van der Waals surface area contributed by atoms with Gasteiger partial charge >= 0.3 is 5.69 Å². The van der Waals surface area contributed by atoms with Gasteiger partial charge in [-0.1, -0.05) is 37.6 Å². The molecule has 0 atom stereocenters. The Morgan fingerprint density at radius 3 is 2.31 bits per heavy atom. The molecule has 0 aliphatic carbocycles. The monoisotopic (exact) mass is 492 g/mol. The summed E-state index contributed by atoms with van der Waals surface area (Å²) >= 11 is 0. The molecule has 2 fully saturated rings. The van der Waals surface area contributed by atoms with Crippen molar-refractivity contribution in [1.82, 2.24) is 29.3 Å². The Morgan fingerprint density at radius 1 is 1.00 bits per heavy atom. The largest absolute Gasteiger partial charge is 0.382 e. The molecule has 2 aliphatic rings. The maximum atomic E-state index is 12.7. The number of piperidine rings is 2. The Labute approximate surface area is 213 Å². The van der Waals surface area contributed by atoms with Gasteiger partial charge in [0.2, 0.25) is 5.95 Å². The van der Waals surface area contributed by atoms with Crippen molar-refractivity contribution in [2.75, 3.05) is 50.8 Å². The molecule has 9 nitrogen and oxygen atoms in total. The van der Waals surface area contributed by atoms with Crippen molar-refractivity contribution in [3.63, 3.8) is 0 Å². The van der Waals surface area contributed by atoms with E-state index in [2.05, 4.69) is 68.3 Å². The molecule has 0 amide bonds. The number of hydrogen-bond donors (Lipinski definition) is 3. The van der Waals surface area contributed by atoms with Crippen molar-refractivity contribution in [1.29, 1.82) is 0 Å². The van der Waals surface area contributed by atoms with Crippen molar-refractivity contribution in [3.8, 4) is 0 Å². The molecule has 0 radical (unpaired) electrons. The van der Waals surface area contributed by atoms with Crippen LogP contribution in [-0.4, -0.2) is 69.1 Å². The summed E-state index contributed by atoms with van der Waals surface area (Å²) in [6.45, 7) is 9.19. The minimum atomic E-state index is -0.225. The molecule has 4 heterocycles. The lowest BCUT2D eigenvalue weighted by atomic mass is 9.71. The van der Waals surface area contributed by atoms with Crippen LogP contribution in [0.5, 0.6) is 0 Å². The van der Waals surface area contributed by atoms with Crippen LogP contribution < -0.4 is 16.7 Å². The number of nitrogens with zero attached hydrogens (tertiary/aromatic N) is 5. The van der Waals surface area contributed by atoms with E-state index in [1.54, 1.807) is 4.57 Å². The van der Waals surface area contributed by atoms with Crippen LogP contribution in [0.1, 0.15) is 56.6 Å². The number of nitrogen functional groups attached to an aromatic ring is 1. The Kier molecular flexibility index (Phi) is 7.29. The summed E-state index contributed by atoms with van der Waals surface area (Å²) < 4.78 is 1.64. The lowest BCUT2D eigenvalue weighted by Crippen LogP contribution is -2.45. The van der Waals surface area contributed by atoms with E-state index in [4.69, 9.17) is 5.73 Å². The first-order valence-corrected chi connectivity index (χ1v) is 13.4. The average molecular weight is 493 g/mol. The molecule has 0 unspecified atom stereocenters. The molecule has 0 saturated carbocycles. The minimum absolute atomic E-state index is 0.225. The van der Waals surface area contributed by atoms with Gasteiger partial charge in [-0.15, -0.1) is 0 Å². The number of unbranched alkanes of at least 4 members (excludes halogenated alkanes) is 1. The first kappa shape index (κ1) is 24.8. The summed E-state index contributed by atoms with van der Waals surface area (Å²) in [5.41, 5.74) is 9.87. The summed E-state index contributed by atoms with van der Waals surface area (Å²) in [4.78, 5) is 29.5. The van der Waals surface area contributed by atoms with E-state index in [9.17, 15) is 4.79 Å². The van der Waals surface area contributed by atoms with Crippen LogP contribution in [0.15, 0.2) is 29.1 Å². The Hall–Kier alpha value is -2.91. The number of imidazole rings is 1. The van der Waals surface area contributed by atoms with E-state index in [-0.39, 0.29) is 11.5 Å². The van der Waals surface area contributed by atoms with Gasteiger partial charge in [-0.25, -0.2) is 4.79 Å². The molecule has 1 aromatic carbocycles. The summed E-state index contributed by atoms with van der Waals surface area (Å²) in [6, 6.07) is 8.62. The maximum Gasteiger partial charge on any atom is 0.328 e. The van der Waals surface area contributed by atoms with Crippen LogP contribution in [0, 0.1) is 5.41 Å². The van der Waals surface area contributed by atoms with Gasteiger partial charge in [-0.3, -0.25) is 9.47 Å². The van der Waals surface area contributed by atoms with Crippen LogP contribution >= 0.6 is 0 Å². The summed E-state index contributed by atoms with van der Waals surface area (Å²) in [6.07, 6.45) is 7.44. The van der Waals surface area contributed by atoms with Crippen molar-refractivity contribution < 1.29 is 0 Å².